The Balaban J connectivity index is 0.00000205. The van der Waals surface area contributed by atoms with Crippen LogP contribution in [-0.2, 0) is 20.9 Å². The number of nitrogens with zero attached hydrogens (tertiary/aromatic N) is 1. The molecule has 1 amide bonds. The molecule has 1 saturated heterocycles. The van der Waals surface area contributed by atoms with Gasteiger partial charge in [0.2, 0.25) is 5.91 Å². The van der Waals surface area contributed by atoms with Gasteiger partial charge in [0, 0.05) is 12.6 Å². The van der Waals surface area contributed by atoms with Crippen LogP contribution in [0.3, 0.4) is 0 Å². The number of rotatable bonds is 5. The SMILES string of the molecule is Cc1cc(CNC(=O)[C@H]2[C@H](C(=O)OC3CCCNC3)[C@H]3CC[C@@H]2C32CC2)no1.Cl. The predicted molar refractivity (Wildman–Crippen MR) is 107 cm³/mol. The molecule has 0 aromatic carbocycles. The van der Waals surface area contributed by atoms with Crippen LogP contribution in [0.4, 0.5) is 0 Å². The molecule has 4 fully saturated rings. The molecule has 1 aromatic heterocycles. The van der Waals surface area contributed by atoms with Crippen molar-refractivity contribution in [3.05, 3.63) is 17.5 Å². The first-order valence-electron chi connectivity index (χ1n) is 10.7. The molecule has 2 N–H and O–H groups in total. The Morgan fingerprint density at radius 2 is 2.03 bits per heavy atom. The van der Waals surface area contributed by atoms with Crippen LogP contribution >= 0.6 is 12.4 Å². The van der Waals surface area contributed by atoms with E-state index in [1.165, 1.54) is 0 Å². The minimum Gasteiger partial charge on any atom is -0.461 e. The van der Waals surface area contributed by atoms with E-state index in [1.54, 1.807) is 0 Å². The molecule has 1 spiro atoms. The Bertz CT molecular complexity index is 772. The molecule has 29 heavy (non-hydrogen) atoms. The molecule has 0 radical (unpaired) electrons. The van der Waals surface area contributed by atoms with Crippen molar-refractivity contribution in [3.63, 3.8) is 0 Å². The van der Waals surface area contributed by atoms with Crippen LogP contribution in [0, 0.1) is 36.0 Å². The summed E-state index contributed by atoms with van der Waals surface area (Å²) < 4.78 is 11.0. The van der Waals surface area contributed by atoms with Gasteiger partial charge in [-0.05, 0) is 69.2 Å². The average molecular weight is 424 g/mol. The maximum absolute atomic E-state index is 13.2. The second-order valence-electron chi connectivity index (χ2n) is 9.13. The lowest BCUT2D eigenvalue weighted by Crippen LogP contribution is -2.44. The van der Waals surface area contributed by atoms with Crippen molar-refractivity contribution in [2.45, 2.75) is 58.1 Å². The zero-order valence-electron chi connectivity index (χ0n) is 16.8. The fourth-order valence-electron chi connectivity index (χ4n) is 6.29. The summed E-state index contributed by atoms with van der Waals surface area (Å²) in [6, 6.07) is 1.82. The number of amides is 1. The largest absolute Gasteiger partial charge is 0.461 e. The van der Waals surface area contributed by atoms with Gasteiger partial charge >= 0.3 is 5.97 Å². The first-order valence-corrected chi connectivity index (χ1v) is 10.7. The van der Waals surface area contributed by atoms with E-state index >= 15 is 0 Å². The van der Waals surface area contributed by atoms with Gasteiger partial charge in [0.05, 0.1) is 18.4 Å². The maximum atomic E-state index is 13.2. The van der Waals surface area contributed by atoms with Gasteiger partial charge in [-0.2, -0.15) is 0 Å². The number of halogens is 1. The Hall–Kier alpha value is -1.60. The third-order valence-corrected chi connectivity index (χ3v) is 7.58. The third-order valence-electron chi connectivity index (χ3n) is 7.58. The van der Waals surface area contributed by atoms with Crippen molar-refractivity contribution in [1.29, 1.82) is 0 Å². The molecule has 160 valence electrons. The molecule has 5 rings (SSSR count). The van der Waals surface area contributed by atoms with Crippen molar-refractivity contribution < 1.29 is 18.8 Å². The summed E-state index contributed by atoms with van der Waals surface area (Å²) in [6.45, 7) is 3.88. The molecular formula is C21H30ClN3O4. The summed E-state index contributed by atoms with van der Waals surface area (Å²) in [6.07, 6.45) is 6.30. The highest BCUT2D eigenvalue weighted by Gasteiger charge is 2.72. The number of hydrogen-bond donors (Lipinski definition) is 2. The highest BCUT2D eigenvalue weighted by Crippen LogP contribution is 2.74. The molecule has 5 atom stereocenters. The van der Waals surface area contributed by atoms with Crippen molar-refractivity contribution in [2.75, 3.05) is 13.1 Å². The fraction of sp³-hybridized carbons (Fsp3) is 0.762. The quantitative estimate of drug-likeness (QED) is 0.706. The summed E-state index contributed by atoms with van der Waals surface area (Å²) in [4.78, 5) is 26.3. The van der Waals surface area contributed by atoms with E-state index < -0.39 is 0 Å². The Morgan fingerprint density at radius 3 is 2.66 bits per heavy atom. The normalized spacial score (nSPS) is 33.9. The van der Waals surface area contributed by atoms with Crippen LogP contribution in [-0.4, -0.2) is 36.2 Å². The van der Waals surface area contributed by atoms with Gasteiger partial charge in [-0.15, -0.1) is 12.4 Å². The number of aromatic nitrogens is 1. The zero-order valence-corrected chi connectivity index (χ0v) is 17.6. The lowest BCUT2D eigenvalue weighted by atomic mass is 9.78. The number of esters is 1. The Labute approximate surface area is 177 Å². The molecule has 1 aliphatic heterocycles. The van der Waals surface area contributed by atoms with E-state index in [1.807, 2.05) is 13.0 Å². The average Bonchev–Trinajstić information content (AvgIpc) is 3.18. The Kier molecular flexibility index (Phi) is 5.64. The van der Waals surface area contributed by atoms with Gasteiger partial charge in [-0.1, -0.05) is 5.16 Å². The zero-order chi connectivity index (χ0) is 19.3. The van der Waals surface area contributed by atoms with Gasteiger partial charge in [-0.25, -0.2) is 0 Å². The lowest BCUT2D eigenvalue weighted by Gasteiger charge is -2.31. The molecular weight excluding hydrogens is 394 g/mol. The molecule has 1 aromatic rings. The highest BCUT2D eigenvalue weighted by molar-refractivity contribution is 5.87. The summed E-state index contributed by atoms with van der Waals surface area (Å²) in [5, 5.41) is 10.3. The smallest absolute Gasteiger partial charge is 0.310 e. The van der Waals surface area contributed by atoms with Crippen molar-refractivity contribution in [2.24, 2.45) is 29.1 Å². The fourth-order valence-corrected chi connectivity index (χ4v) is 6.29. The summed E-state index contributed by atoms with van der Waals surface area (Å²) >= 11 is 0. The van der Waals surface area contributed by atoms with E-state index in [0.717, 1.165) is 57.4 Å². The molecule has 8 heteroatoms. The standard InChI is InChI=1S/C21H29N3O4.ClH/c1-12-9-13(24-28-12)10-23-19(25)17-15-4-5-16(21(15)6-7-21)18(17)20(26)27-14-3-2-8-22-11-14;/h9,14-18,22H,2-8,10-11H2,1H3,(H,23,25);1H/t14?,15-,16+,17+,18+;/m0./s1. The minimum atomic E-state index is -0.290. The van der Waals surface area contributed by atoms with Crippen molar-refractivity contribution >= 4 is 24.3 Å². The van der Waals surface area contributed by atoms with Crippen LogP contribution in [0.5, 0.6) is 0 Å². The topological polar surface area (TPSA) is 93.5 Å². The second kappa shape index (κ2) is 7.91. The molecule has 1 unspecified atom stereocenters. The van der Waals surface area contributed by atoms with Crippen LogP contribution in [0.1, 0.15) is 50.0 Å². The van der Waals surface area contributed by atoms with Crippen molar-refractivity contribution in [3.8, 4) is 0 Å². The maximum Gasteiger partial charge on any atom is 0.310 e. The summed E-state index contributed by atoms with van der Waals surface area (Å²) in [5.74, 6) is 0.627. The van der Waals surface area contributed by atoms with Crippen LogP contribution in [0.25, 0.3) is 0 Å². The van der Waals surface area contributed by atoms with E-state index in [9.17, 15) is 9.59 Å². The van der Waals surface area contributed by atoms with Gasteiger partial charge in [-0.3, -0.25) is 9.59 Å². The second-order valence-corrected chi connectivity index (χ2v) is 9.13. The highest BCUT2D eigenvalue weighted by atomic mass is 35.5. The number of hydrogen-bond acceptors (Lipinski definition) is 6. The molecule has 7 nitrogen and oxygen atoms in total. The van der Waals surface area contributed by atoms with E-state index in [0.29, 0.717) is 24.1 Å². The van der Waals surface area contributed by atoms with Crippen LogP contribution < -0.4 is 10.6 Å². The predicted octanol–water partition coefficient (Wildman–Crippen LogP) is 2.37. The van der Waals surface area contributed by atoms with Crippen molar-refractivity contribution in [1.82, 2.24) is 15.8 Å². The van der Waals surface area contributed by atoms with Gasteiger partial charge in [0.1, 0.15) is 17.6 Å². The number of carbonyl (C=O) groups excluding carboxylic acids is 2. The van der Waals surface area contributed by atoms with E-state index in [2.05, 4.69) is 15.8 Å². The van der Waals surface area contributed by atoms with E-state index in [-0.39, 0.29) is 47.6 Å². The first kappa shape index (κ1) is 20.7. The van der Waals surface area contributed by atoms with Gasteiger partial charge < -0.3 is 19.9 Å². The van der Waals surface area contributed by atoms with Gasteiger partial charge in [0.15, 0.2) is 0 Å². The first-order chi connectivity index (χ1) is 13.6. The van der Waals surface area contributed by atoms with Crippen LogP contribution in [0.15, 0.2) is 10.6 Å². The monoisotopic (exact) mass is 423 g/mol. The number of piperidine rings is 1. The summed E-state index contributed by atoms with van der Waals surface area (Å²) in [5.41, 5.74) is 0.934. The van der Waals surface area contributed by atoms with Gasteiger partial charge in [0.25, 0.3) is 0 Å². The molecule has 3 aliphatic carbocycles. The van der Waals surface area contributed by atoms with Crippen LogP contribution in [0.2, 0.25) is 0 Å². The number of ether oxygens (including phenoxy) is 1. The molecule has 2 heterocycles. The number of nitrogens with one attached hydrogen (secondary N) is 2. The minimum absolute atomic E-state index is 0. The summed E-state index contributed by atoms with van der Waals surface area (Å²) in [7, 11) is 0. The number of carbonyl (C=O) groups is 2. The number of aryl methyl sites for hydroxylation is 1. The van der Waals surface area contributed by atoms with E-state index in [4.69, 9.17) is 9.26 Å². The molecule has 2 bridgehead atoms. The molecule has 4 aliphatic rings. The Morgan fingerprint density at radius 1 is 1.28 bits per heavy atom. The molecule has 3 saturated carbocycles. The third kappa shape index (κ3) is 3.56. The lowest BCUT2D eigenvalue weighted by molar-refractivity contribution is -0.161.